The van der Waals surface area contributed by atoms with Crippen molar-refractivity contribution in [1.29, 1.82) is 0 Å². The molecule has 0 bridgehead atoms. The molecule has 2 aromatic rings. The van der Waals surface area contributed by atoms with Crippen molar-refractivity contribution in [2.45, 2.75) is 65.3 Å². The van der Waals surface area contributed by atoms with Gasteiger partial charge in [-0.1, -0.05) is 83.1 Å². The maximum Gasteiger partial charge on any atom is 0.415 e. The fourth-order valence-corrected chi connectivity index (χ4v) is 4.88. The normalized spacial score (nSPS) is 17.1. The number of amides is 4. The number of cyclic esters (lactones) is 1. The van der Waals surface area contributed by atoms with Crippen LogP contribution < -0.4 is 21.0 Å². The quantitative estimate of drug-likeness (QED) is 0.253. The number of anilines is 1. The number of carbonyl (C=O) groups excluding carboxylic acids is 4. The van der Waals surface area contributed by atoms with Gasteiger partial charge in [0.2, 0.25) is 0 Å². The average Bonchev–Trinajstić information content (AvgIpc) is 3.36. The van der Waals surface area contributed by atoms with Gasteiger partial charge in [0.1, 0.15) is 6.04 Å². The molecular weight excluding hydrogens is 566 g/mol. The predicted molar refractivity (Wildman–Crippen MR) is 165 cm³/mol. The van der Waals surface area contributed by atoms with E-state index in [0.29, 0.717) is 12.2 Å². The summed E-state index contributed by atoms with van der Waals surface area (Å²) in [4.78, 5) is 52.7. The molecular formula is C32H45N5O7. The van der Waals surface area contributed by atoms with Crippen LogP contribution in [0, 0.1) is 11.3 Å². The summed E-state index contributed by atoms with van der Waals surface area (Å²) in [5.74, 6) is -0.905. The van der Waals surface area contributed by atoms with Crippen LogP contribution in [0.5, 0.6) is 0 Å². The van der Waals surface area contributed by atoms with Crippen LogP contribution in [0.4, 0.5) is 15.3 Å². The number of hydrazine groups is 1. The SMILES string of the molecule is COC(=O)N[C@H](C(=O)NN(CC(C)C)C[C@H](O)C(Cc1ccccc1)NC(=O)[C@@H]1CN(c2ccccc2)C(=O)O1)C(C)(C)C. The minimum atomic E-state index is -1.14. The molecule has 1 heterocycles. The second kappa shape index (κ2) is 15.5. The number of benzene rings is 2. The molecule has 4 N–H and O–H groups in total. The summed E-state index contributed by atoms with van der Waals surface area (Å²) in [6.07, 6.45) is -3.29. The van der Waals surface area contributed by atoms with Crippen LogP contribution in [-0.2, 0) is 25.5 Å². The average molecular weight is 612 g/mol. The van der Waals surface area contributed by atoms with Crippen molar-refractivity contribution in [3.8, 4) is 0 Å². The van der Waals surface area contributed by atoms with E-state index in [9.17, 15) is 24.3 Å². The van der Waals surface area contributed by atoms with Gasteiger partial charge in [-0.15, -0.1) is 0 Å². The summed E-state index contributed by atoms with van der Waals surface area (Å²) in [5, 5.41) is 18.6. The molecule has 4 atom stereocenters. The Hall–Kier alpha value is -4.16. The van der Waals surface area contributed by atoms with Gasteiger partial charge in [0, 0.05) is 18.8 Å². The lowest BCUT2D eigenvalue weighted by Gasteiger charge is -2.35. The Morgan fingerprint density at radius 2 is 1.64 bits per heavy atom. The third kappa shape index (κ3) is 9.95. The predicted octanol–water partition coefficient (Wildman–Crippen LogP) is 2.86. The third-order valence-electron chi connectivity index (χ3n) is 7.10. The van der Waals surface area contributed by atoms with Crippen LogP contribution in [0.25, 0.3) is 0 Å². The molecule has 1 aliphatic rings. The molecule has 240 valence electrons. The molecule has 0 saturated carbocycles. The fraction of sp³-hybridized carbons (Fsp3) is 0.500. The first kappa shape index (κ1) is 34.3. The van der Waals surface area contributed by atoms with Crippen LogP contribution in [-0.4, -0.2) is 85.2 Å². The third-order valence-corrected chi connectivity index (χ3v) is 7.10. The minimum absolute atomic E-state index is 0.0275. The number of aliphatic hydroxyl groups is 1. The zero-order chi connectivity index (χ0) is 32.4. The Balaban J connectivity index is 1.77. The van der Waals surface area contributed by atoms with Crippen LogP contribution in [0.1, 0.15) is 40.2 Å². The zero-order valence-corrected chi connectivity index (χ0v) is 26.3. The first-order valence-corrected chi connectivity index (χ1v) is 14.7. The molecule has 1 aliphatic heterocycles. The Morgan fingerprint density at radius 3 is 2.20 bits per heavy atom. The fourth-order valence-electron chi connectivity index (χ4n) is 4.88. The summed E-state index contributed by atoms with van der Waals surface area (Å²) >= 11 is 0. The first-order valence-electron chi connectivity index (χ1n) is 14.7. The summed E-state index contributed by atoms with van der Waals surface area (Å²) in [6, 6.07) is 16.6. The van der Waals surface area contributed by atoms with Gasteiger partial charge in [-0.2, -0.15) is 0 Å². The molecule has 1 unspecified atom stereocenters. The number of methoxy groups -OCH3 is 1. The summed E-state index contributed by atoms with van der Waals surface area (Å²) < 4.78 is 10.1. The van der Waals surface area contributed by atoms with E-state index in [4.69, 9.17) is 9.47 Å². The van der Waals surface area contributed by atoms with E-state index >= 15 is 0 Å². The number of nitrogens with one attached hydrogen (secondary N) is 3. The van der Waals surface area contributed by atoms with Gasteiger partial charge in [-0.25, -0.2) is 14.6 Å². The molecule has 0 radical (unpaired) electrons. The van der Waals surface area contributed by atoms with Gasteiger partial charge in [-0.05, 0) is 35.4 Å². The van der Waals surface area contributed by atoms with Crippen molar-refractivity contribution in [2.75, 3.05) is 31.6 Å². The Kier molecular flexibility index (Phi) is 12.1. The van der Waals surface area contributed by atoms with Crippen LogP contribution in [0.3, 0.4) is 0 Å². The molecule has 3 rings (SSSR count). The van der Waals surface area contributed by atoms with Gasteiger partial charge in [0.25, 0.3) is 11.8 Å². The Labute approximate surface area is 259 Å². The van der Waals surface area contributed by atoms with Crippen molar-refractivity contribution in [3.05, 3.63) is 66.2 Å². The van der Waals surface area contributed by atoms with Crippen molar-refractivity contribution in [3.63, 3.8) is 0 Å². The van der Waals surface area contributed by atoms with Crippen molar-refractivity contribution in [2.24, 2.45) is 11.3 Å². The molecule has 2 aromatic carbocycles. The van der Waals surface area contributed by atoms with E-state index in [2.05, 4.69) is 16.1 Å². The lowest BCUT2D eigenvalue weighted by Crippen LogP contribution is -2.60. The van der Waals surface area contributed by atoms with E-state index in [-0.39, 0.29) is 25.4 Å². The molecule has 4 amide bonds. The van der Waals surface area contributed by atoms with Crippen LogP contribution >= 0.6 is 0 Å². The number of hydrogen-bond acceptors (Lipinski definition) is 8. The number of para-hydroxylation sites is 1. The zero-order valence-electron chi connectivity index (χ0n) is 26.3. The molecule has 0 aliphatic carbocycles. The number of ether oxygens (including phenoxy) is 2. The number of rotatable bonds is 13. The van der Waals surface area contributed by atoms with Crippen molar-refractivity contribution < 1.29 is 33.8 Å². The van der Waals surface area contributed by atoms with E-state index in [1.54, 1.807) is 29.3 Å². The topological polar surface area (TPSA) is 150 Å². The monoisotopic (exact) mass is 611 g/mol. The Bertz CT molecular complexity index is 1250. The molecule has 0 spiro atoms. The highest BCUT2D eigenvalue weighted by Gasteiger charge is 2.39. The Morgan fingerprint density at radius 1 is 1.02 bits per heavy atom. The highest BCUT2D eigenvalue weighted by atomic mass is 16.6. The van der Waals surface area contributed by atoms with E-state index in [1.807, 2.05) is 71.0 Å². The first-order chi connectivity index (χ1) is 20.8. The summed E-state index contributed by atoms with van der Waals surface area (Å²) in [7, 11) is 1.22. The number of alkyl carbamates (subject to hydrolysis) is 1. The van der Waals surface area contributed by atoms with Gasteiger partial charge < -0.3 is 25.2 Å². The smallest absolute Gasteiger partial charge is 0.415 e. The number of carbonyl (C=O) groups is 4. The molecule has 12 heteroatoms. The second-order valence-electron chi connectivity index (χ2n) is 12.4. The van der Waals surface area contributed by atoms with Crippen LogP contribution in [0.2, 0.25) is 0 Å². The maximum atomic E-state index is 13.4. The van der Waals surface area contributed by atoms with Crippen molar-refractivity contribution >= 4 is 29.7 Å². The van der Waals surface area contributed by atoms with Gasteiger partial charge in [0.05, 0.1) is 25.8 Å². The van der Waals surface area contributed by atoms with E-state index in [1.165, 1.54) is 12.0 Å². The second-order valence-corrected chi connectivity index (χ2v) is 12.4. The largest absolute Gasteiger partial charge is 0.453 e. The van der Waals surface area contributed by atoms with Crippen molar-refractivity contribution in [1.82, 2.24) is 21.1 Å². The number of hydrogen-bond donors (Lipinski definition) is 4. The van der Waals surface area contributed by atoms with E-state index < -0.39 is 53.7 Å². The highest BCUT2D eigenvalue weighted by Crippen LogP contribution is 2.22. The minimum Gasteiger partial charge on any atom is -0.453 e. The maximum absolute atomic E-state index is 13.4. The van der Waals surface area contributed by atoms with Gasteiger partial charge in [0.15, 0.2) is 6.10 Å². The molecule has 1 saturated heterocycles. The summed E-state index contributed by atoms with van der Waals surface area (Å²) in [5.41, 5.74) is 3.70. The number of nitrogens with zero attached hydrogens (tertiary/aromatic N) is 2. The molecule has 12 nitrogen and oxygen atoms in total. The lowest BCUT2D eigenvalue weighted by molar-refractivity contribution is -0.133. The lowest BCUT2D eigenvalue weighted by atomic mass is 9.86. The molecule has 44 heavy (non-hydrogen) atoms. The standard InChI is InChI=1S/C32H45N5O7/c1-21(2)18-36(35-29(40)27(32(3,4)5)34-30(41)43-6)19-25(38)24(17-22-13-9-7-10-14-22)33-28(39)26-20-37(31(42)44-26)23-15-11-8-12-16-23/h7-16,21,24-27,38H,17-20H2,1-6H3,(H,33,39)(H,34,41)(H,35,40)/t24?,25-,26-,27+/m0/s1. The number of aliphatic hydroxyl groups excluding tert-OH is 1. The van der Waals surface area contributed by atoms with E-state index in [0.717, 1.165) is 5.56 Å². The molecule has 1 fully saturated rings. The van der Waals surface area contributed by atoms with Gasteiger partial charge >= 0.3 is 12.2 Å². The highest BCUT2D eigenvalue weighted by molar-refractivity contribution is 5.95. The molecule has 0 aromatic heterocycles. The van der Waals surface area contributed by atoms with Crippen LogP contribution in [0.15, 0.2) is 60.7 Å². The summed E-state index contributed by atoms with van der Waals surface area (Å²) in [6.45, 7) is 9.76. The van der Waals surface area contributed by atoms with Gasteiger partial charge in [-0.3, -0.25) is 19.9 Å².